The highest BCUT2D eigenvalue weighted by Gasteiger charge is 2.09. The molecule has 0 radical (unpaired) electrons. The minimum Gasteiger partial charge on any atom is -0.379 e. The predicted molar refractivity (Wildman–Crippen MR) is 107 cm³/mol. The lowest BCUT2D eigenvalue weighted by Crippen LogP contribution is -2.26. The molecule has 0 spiro atoms. The highest BCUT2D eigenvalue weighted by Crippen LogP contribution is 2.08. The zero-order valence-corrected chi connectivity index (χ0v) is 16.3. The molecule has 0 saturated heterocycles. The molecule has 0 aliphatic carbocycles. The van der Waals surface area contributed by atoms with Gasteiger partial charge in [-0.3, -0.25) is 4.79 Å². The smallest absolute Gasteiger partial charge is 0.251 e. The Labute approximate surface area is 164 Å². The molecule has 2 aromatic heterocycles. The molecule has 0 fully saturated rings. The van der Waals surface area contributed by atoms with E-state index >= 15 is 0 Å². The number of aromatic nitrogens is 4. The topological polar surface area (TPSA) is 93.4 Å². The Bertz CT molecular complexity index is 894. The van der Waals surface area contributed by atoms with E-state index < -0.39 is 0 Å². The molecule has 3 aromatic rings. The molecular weight excluding hydrogens is 356 g/mol. The van der Waals surface area contributed by atoms with E-state index in [1.165, 1.54) is 0 Å². The normalized spacial score (nSPS) is 11.1. The highest BCUT2D eigenvalue weighted by molar-refractivity contribution is 5.94. The summed E-state index contributed by atoms with van der Waals surface area (Å²) in [5, 5.41) is 19.1. The fourth-order valence-electron chi connectivity index (χ4n) is 2.67. The third kappa shape index (κ3) is 5.50. The first-order valence-electron chi connectivity index (χ1n) is 9.53. The molecule has 2 N–H and O–H groups in total. The Morgan fingerprint density at radius 2 is 1.93 bits per heavy atom. The van der Waals surface area contributed by atoms with Crippen LogP contribution < -0.4 is 10.6 Å². The SMILES string of the molecule is CC(C)OCCCNc1ccc2nnc(CCNC(=O)c3ccccc3)n2n1. The Morgan fingerprint density at radius 3 is 2.71 bits per heavy atom. The summed E-state index contributed by atoms with van der Waals surface area (Å²) in [6.07, 6.45) is 1.69. The van der Waals surface area contributed by atoms with Crippen molar-refractivity contribution in [3.05, 3.63) is 53.9 Å². The van der Waals surface area contributed by atoms with Crippen LogP contribution in [0.3, 0.4) is 0 Å². The van der Waals surface area contributed by atoms with E-state index in [4.69, 9.17) is 4.74 Å². The Kier molecular flexibility index (Phi) is 6.91. The van der Waals surface area contributed by atoms with E-state index in [0.29, 0.717) is 36.6 Å². The van der Waals surface area contributed by atoms with E-state index in [2.05, 4.69) is 25.9 Å². The number of ether oxygens (including phenoxy) is 1. The van der Waals surface area contributed by atoms with Crippen LogP contribution >= 0.6 is 0 Å². The first-order valence-corrected chi connectivity index (χ1v) is 9.53. The Morgan fingerprint density at radius 1 is 1.11 bits per heavy atom. The van der Waals surface area contributed by atoms with Gasteiger partial charge in [0.1, 0.15) is 5.82 Å². The fourth-order valence-corrected chi connectivity index (χ4v) is 2.67. The number of rotatable bonds is 10. The maximum Gasteiger partial charge on any atom is 0.251 e. The minimum absolute atomic E-state index is 0.103. The number of amides is 1. The van der Waals surface area contributed by atoms with Crippen molar-refractivity contribution in [2.75, 3.05) is 25.0 Å². The van der Waals surface area contributed by atoms with Gasteiger partial charge in [0.25, 0.3) is 5.91 Å². The van der Waals surface area contributed by atoms with Crippen molar-refractivity contribution in [2.45, 2.75) is 32.8 Å². The lowest BCUT2D eigenvalue weighted by atomic mass is 10.2. The maximum absolute atomic E-state index is 12.1. The van der Waals surface area contributed by atoms with Gasteiger partial charge in [0, 0.05) is 31.7 Å². The monoisotopic (exact) mass is 382 g/mol. The van der Waals surface area contributed by atoms with E-state index in [-0.39, 0.29) is 12.0 Å². The summed E-state index contributed by atoms with van der Waals surface area (Å²) in [4.78, 5) is 12.1. The molecule has 2 heterocycles. The zero-order chi connectivity index (χ0) is 19.8. The number of fused-ring (bicyclic) bond motifs is 1. The van der Waals surface area contributed by atoms with Crippen molar-refractivity contribution in [2.24, 2.45) is 0 Å². The number of hydrogen-bond acceptors (Lipinski definition) is 6. The van der Waals surface area contributed by atoms with Gasteiger partial charge in [-0.1, -0.05) is 18.2 Å². The third-order valence-corrected chi connectivity index (χ3v) is 4.08. The van der Waals surface area contributed by atoms with Gasteiger partial charge in [-0.15, -0.1) is 15.3 Å². The summed E-state index contributed by atoms with van der Waals surface area (Å²) < 4.78 is 7.24. The van der Waals surface area contributed by atoms with Gasteiger partial charge >= 0.3 is 0 Å². The van der Waals surface area contributed by atoms with Crippen LogP contribution in [0.4, 0.5) is 5.82 Å². The molecule has 0 bridgehead atoms. The van der Waals surface area contributed by atoms with Crippen molar-refractivity contribution >= 4 is 17.4 Å². The van der Waals surface area contributed by atoms with Gasteiger partial charge in [0.2, 0.25) is 0 Å². The first-order chi connectivity index (χ1) is 13.6. The van der Waals surface area contributed by atoms with Gasteiger partial charge in [0.15, 0.2) is 11.5 Å². The van der Waals surface area contributed by atoms with E-state index in [0.717, 1.165) is 18.8 Å². The first kappa shape index (κ1) is 19.8. The molecule has 28 heavy (non-hydrogen) atoms. The summed E-state index contributed by atoms with van der Waals surface area (Å²) in [6.45, 7) is 6.00. The summed E-state index contributed by atoms with van der Waals surface area (Å²) in [5.41, 5.74) is 1.32. The van der Waals surface area contributed by atoms with Crippen LogP contribution in [-0.4, -0.2) is 51.5 Å². The molecule has 8 nitrogen and oxygen atoms in total. The van der Waals surface area contributed by atoms with E-state index in [1.807, 2.05) is 44.2 Å². The molecule has 3 rings (SSSR count). The van der Waals surface area contributed by atoms with Gasteiger partial charge in [-0.05, 0) is 44.5 Å². The van der Waals surface area contributed by atoms with Crippen LogP contribution in [0.1, 0.15) is 36.5 Å². The van der Waals surface area contributed by atoms with Crippen LogP contribution in [-0.2, 0) is 11.2 Å². The molecule has 148 valence electrons. The van der Waals surface area contributed by atoms with Crippen LogP contribution in [0.5, 0.6) is 0 Å². The third-order valence-electron chi connectivity index (χ3n) is 4.08. The molecule has 8 heteroatoms. The fraction of sp³-hybridized carbons (Fsp3) is 0.400. The van der Waals surface area contributed by atoms with Gasteiger partial charge in [-0.25, -0.2) is 0 Å². The van der Waals surface area contributed by atoms with Crippen LogP contribution in [0.2, 0.25) is 0 Å². The van der Waals surface area contributed by atoms with Gasteiger partial charge < -0.3 is 15.4 Å². The second kappa shape index (κ2) is 9.80. The standard InChI is InChI=1S/C20H26N6O2/c1-15(2)28-14-6-12-21-17-9-10-18-23-24-19(26(18)25-17)11-13-22-20(27)16-7-4-3-5-8-16/h3-5,7-10,15H,6,11-14H2,1-2H3,(H,21,25)(H,22,27). The Hall–Kier alpha value is -3.00. The van der Waals surface area contributed by atoms with E-state index in [1.54, 1.807) is 16.6 Å². The van der Waals surface area contributed by atoms with Crippen molar-refractivity contribution in [3.8, 4) is 0 Å². The van der Waals surface area contributed by atoms with Crippen LogP contribution in [0, 0.1) is 0 Å². The average molecular weight is 382 g/mol. The molecule has 0 unspecified atom stereocenters. The Balaban J connectivity index is 1.53. The quantitative estimate of drug-likeness (QED) is 0.523. The lowest BCUT2D eigenvalue weighted by Gasteiger charge is -2.09. The molecule has 0 saturated carbocycles. The molecule has 0 aliphatic heterocycles. The minimum atomic E-state index is -0.103. The number of carbonyl (C=O) groups is 1. The zero-order valence-electron chi connectivity index (χ0n) is 16.3. The van der Waals surface area contributed by atoms with Gasteiger partial charge in [-0.2, -0.15) is 4.52 Å². The molecule has 1 aromatic carbocycles. The predicted octanol–water partition coefficient (Wildman–Crippen LogP) is 2.32. The summed E-state index contributed by atoms with van der Waals surface area (Å²) in [5.74, 6) is 1.36. The summed E-state index contributed by atoms with van der Waals surface area (Å²) in [6, 6.07) is 12.9. The number of carbonyl (C=O) groups excluding carboxylic acids is 1. The second-order valence-electron chi connectivity index (χ2n) is 6.68. The molecular formula is C20H26N6O2. The summed E-state index contributed by atoms with van der Waals surface area (Å²) >= 11 is 0. The number of benzene rings is 1. The van der Waals surface area contributed by atoms with Crippen molar-refractivity contribution in [3.63, 3.8) is 0 Å². The lowest BCUT2D eigenvalue weighted by molar-refractivity contribution is 0.0787. The van der Waals surface area contributed by atoms with Gasteiger partial charge in [0.05, 0.1) is 6.10 Å². The second-order valence-corrected chi connectivity index (χ2v) is 6.68. The number of nitrogens with zero attached hydrogens (tertiary/aromatic N) is 4. The van der Waals surface area contributed by atoms with Crippen LogP contribution in [0.25, 0.3) is 5.65 Å². The van der Waals surface area contributed by atoms with Crippen LogP contribution in [0.15, 0.2) is 42.5 Å². The maximum atomic E-state index is 12.1. The van der Waals surface area contributed by atoms with Crippen molar-refractivity contribution < 1.29 is 9.53 Å². The molecule has 0 aliphatic rings. The molecule has 0 atom stereocenters. The van der Waals surface area contributed by atoms with E-state index in [9.17, 15) is 4.79 Å². The largest absolute Gasteiger partial charge is 0.379 e. The highest BCUT2D eigenvalue weighted by atomic mass is 16.5. The average Bonchev–Trinajstić information content (AvgIpc) is 3.10. The summed E-state index contributed by atoms with van der Waals surface area (Å²) in [7, 11) is 0. The number of nitrogens with one attached hydrogen (secondary N) is 2. The molecule has 1 amide bonds. The van der Waals surface area contributed by atoms with Crippen molar-refractivity contribution in [1.82, 2.24) is 25.1 Å². The number of hydrogen-bond donors (Lipinski definition) is 2. The van der Waals surface area contributed by atoms with Crippen molar-refractivity contribution in [1.29, 1.82) is 0 Å². The number of anilines is 1.